The summed E-state index contributed by atoms with van der Waals surface area (Å²) in [6, 6.07) is 18.1. The largest absolute Gasteiger partial charge is 0.495 e. The number of thioether (sulfide) groups is 1. The number of para-hydroxylation sites is 2. The third-order valence-electron chi connectivity index (χ3n) is 4.88. The van der Waals surface area contributed by atoms with Gasteiger partial charge in [0.05, 0.1) is 18.6 Å². The Morgan fingerprint density at radius 1 is 1.06 bits per heavy atom. The fourth-order valence-electron chi connectivity index (χ4n) is 3.17. The first-order valence-electron chi connectivity index (χ1n) is 10.5. The molecule has 10 heteroatoms. The number of aromatic nitrogens is 3. The second-order valence-electron chi connectivity index (χ2n) is 7.20. The maximum atomic E-state index is 12.5. The number of carbonyl (C=O) groups excluding carboxylic acids is 2. The van der Waals surface area contributed by atoms with Crippen molar-refractivity contribution in [2.24, 2.45) is 0 Å². The van der Waals surface area contributed by atoms with E-state index < -0.39 is 0 Å². The van der Waals surface area contributed by atoms with Gasteiger partial charge in [-0.3, -0.25) is 9.59 Å². The monoisotopic (exact) mass is 493 g/mol. The van der Waals surface area contributed by atoms with E-state index in [1.807, 2.05) is 22.8 Å². The molecule has 0 spiro atoms. The van der Waals surface area contributed by atoms with Crippen LogP contribution in [0.5, 0.6) is 5.75 Å². The number of ether oxygens (including phenoxy) is 1. The number of nitrogens with one attached hydrogen (secondary N) is 2. The molecule has 4 rings (SSSR count). The molecule has 0 aliphatic carbocycles. The summed E-state index contributed by atoms with van der Waals surface area (Å²) < 4.78 is 7.21. The summed E-state index contributed by atoms with van der Waals surface area (Å²) in [5.74, 6) is 0.358. The molecule has 174 valence electrons. The van der Waals surface area contributed by atoms with E-state index in [0.717, 1.165) is 13.0 Å². The van der Waals surface area contributed by atoms with Gasteiger partial charge < -0.3 is 19.9 Å². The number of thiophene rings is 1. The van der Waals surface area contributed by atoms with Crippen molar-refractivity contribution in [3.8, 4) is 5.75 Å². The summed E-state index contributed by atoms with van der Waals surface area (Å²) in [7, 11) is 1.55. The molecule has 0 atom stereocenters. The molecule has 2 heterocycles. The van der Waals surface area contributed by atoms with E-state index in [1.165, 1.54) is 16.6 Å². The molecule has 0 unspecified atom stereocenters. The zero-order valence-electron chi connectivity index (χ0n) is 18.4. The Morgan fingerprint density at radius 3 is 2.65 bits per heavy atom. The number of nitrogens with zero attached hydrogens (tertiary/aromatic N) is 3. The zero-order valence-corrected chi connectivity index (χ0v) is 20.1. The van der Waals surface area contributed by atoms with Gasteiger partial charge in [-0.2, -0.15) is 0 Å². The third-order valence-corrected chi connectivity index (χ3v) is 6.79. The van der Waals surface area contributed by atoms with Crippen LogP contribution < -0.4 is 15.4 Å². The second-order valence-corrected chi connectivity index (χ2v) is 9.18. The zero-order chi connectivity index (χ0) is 23.8. The van der Waals surface area contributed by atoms with Gasteiger partial charge in [-0.1, -0.05) is 30.0 Å². The van der Waals surface area contributed by atoms with Crippen molar-refractivity contribution in [2.75, 3.05) is 23.5 Å². The van der Waals surface area contributed by atoms with Crippen molar-refractivity contribution in [3.05, 3.63) is 82.8 Å². The molecule has 0 aliphatic rings. The smallest absolute Gasteiger partial charge is 0.255 e. The molecule has 0 radical (unpaired) electrons. The molecule has 34 heavy (non-hydrogen) atoms. The molecule has 2 aromatic heterocycles. The maximum Gasteiger partial charge on any atom is 0.255 e. The number of aryl methyl sites for hydroxylation is 2. The van der Waals surface area contributed by atoms with Crippen LogP contribution in [0.3, 0.4) is 0 Å². The summed E-state index contributed by atoms with van der Waals surface area (Å²) in [6.45, 7) is 0.760. The molecule has 0 saturated heterocycles. The average molecular weight is 494 g/mol. The Bertz CT molecular complexity index is 1240. The van der Waals surface area contributed by atoms with Crippen LogP contribution in [-0.2, 0) is 17.8 Å². The molecule has 0 bridgehead atoms. The molecule has 2 N–H and O–H groups in total. The predicted octanol–water partition coefficient (Wildman–Crippen LogP) is 4.57. The lowest BCUT2D eigenvalue weighted by atomic mass is 10.2. The van der Waals surface area contributed by atoms with Crippen LogP contribution in [-0.4, -0.2) is 39.4 Å². The van der Waals surface area contributed by atoms with E-state index >= 15 is 0 Å². The Balaban J connectivity index is 1.27. The van der Waals surface area contributed by atoms with Crippen molar-refractivity contribution >= 4 is 46.3 Å². The van der Waals surface area contributed by atoms with Crippen LogP contribution in [0.1, 0.15) is 15.2 Å². The third kappa shape index (κ3) is 6.24. The van der Waals surface area contributed by atoms with Crippen molar-refractivity contribution < 1.29 is 14.3 Å². The molecule has 2 aromatic carbocycles. The Hall–Kier alpha value is -3.63. The van der Waals surface area contributed by atoms with Crippen molar-refractivity contribution in [2.45, 2.75) is 18.1 Å². The van der Waals surface area contributed by atoms with Gasteiger partial charge in [-0.05, 0) is 54.3 Å². The van der Waals surface area contributed by atoms with E-state index in [1.54, 1.807) is 61.2 Å². The van der Waals surface area contributed by atoms with Crippen molar-refractivity contribution in [1.29, 1.82) is 0 Å². The maximum absolute atomic E-state index is 12.5. The molecule has 0 fully saturated rings. The standard InChI is InChI=1S/C24H23N5O3S2/c1-32-21-7-3-2-6-20(21)27-23(31)17-8-10-18(11-9-17)26-22(30)15-34-24-28-25-16-29(24)13-12-19-5-4-14-33-19/h2-11,14,16H,12-13,15H2,1H3,(H,26,30)(H,27,31). The predicted molar refractivity (Wildman–Crippen MR) is 135 cm³/mol. The lowest BCUT2D eigenvalue weighted by Crippen LogP contribution is -2.15. The summed E-state index contributed by atoms with van der Waals surface area (Å²) in [4.78, 5) is 26.2. The summed E-state index contributed by atoms with van der Waals surface area (Å²) in [5.41, 5.74) is 1.67. The Labute approximate surface area is 205 Å². The number of hydrogen-bond donors (Lipinski definition) is 2. The SMILES string of the molecule is COc1ccccc1NC(=O)c1ccc(NC(=O)CSc2nncn2CCc2cccs2)cc1. The average Bonchev–Trinajstić information content (AvgIpc) is 3.54. The van der Waals surface area contributed by atoms with Gasteiger partial charge in [-0.25, -0.2) is 0 Å². The van der Waals surface area contributed by atoms with Crippen LogP contribution in [0, 0.1) is 0 Å². The topological polar surface area (TPSA) is 98.1 Å². The van der Waals surface area contributed by atoms with Gasteiger partial charge in [0.2, 0.25) is 5.91 Å². The Kier molecular flexibility index (Phi) is 7.95. The number of anilines is 2. The molecular formula is C24H23N5O3S2. The Morgan fingerprint density at radius 2 is 1.88 bits per heavy atom. The van der Waals surface area contributed by atoms with Gasteiger partial charge in [-0.15, -0.1) is 21.5 Å². The second kappa shape index (κ2) is 11.5. The van der Waals surface area contributed by atoms with E-state index in [4.69, 9.17) is 4.74 Å². The fourth-order valence-corrected chi connectivity index (χ4v) is 4.61. The highest BCUT2D eigenvalue weighted by Gasteiger charge is 2.12. The van der Waals surface area contributed by atoms with Gasteiger partial charge >= 0.3 is 0 Å². The normalized spacial score (nSPS) is 10.6. The summed E-state index contributed by atoms with van der Waals surface area (Å²) in [6.07, 6.45) is 2.58. The van der Waals surface area contributed by atoms with Crippen LogP contribution in [0.4, 0.5) is 11.4 Å². The number of hydrogen-bond acceptors (Lipinski definition) is 7. The number of rotatable bonds is 10. The molecule has 0 saturated carbocycles. The molecule has 2 amide bonds. The van der Waals surface area contributed by atoms with Gasteiger partial charge in [0.1, 0.15) is 12.1 Å². The summed E-state index contributed by atoms with van der Waals surface area (Å²) >= 11 is 3.05. The van der Waals surface area contributed by atoms with Crippen LogP contribution >= 0.6 is 23.1 Å². The highest BCUT2D eigenvalue weighted by Crippen LogP contribution is 2.24. The molecule has 4 aromatic rings. The van der Waals surface area contributed by atoms with Gasteiger partial charge in [0.15, 0.2) is 5.16 Å². The molecule has 8 nitrogen and oxygen atoms in total. The minimum absolute atomic E-state index is 0.163. The number of methoxy groups -OCH3 is 1. The van der Waals surface area contributed by atoms with E-state index in [2.05, 4.69) is 32.3 Å². The number of benzene rings is 2. The number of amides is 2. The summed E-state index contributed by atoms with van der Waals surface area (Å²) in [5, 5.41) is 16.5. The minimum Gasteiger partial charge on any atom is -0.495 e. The lowest BCUT2D eigenvalue weighted by molar-refractivity contribution is -0.113. The van der Waals surface area contributed by atoms with Crippen LogP contribution in [0.25, 0.3) is 0 Å². The number of carbonyl (C=O) groups is 2. The fraction of sp³-hybridized carbons (Fsp3) is 0.167. The quantitative estimate of drug-likeness (QED) is 0.314. The van der Waals surface area contributed by atoms with Gasteiger partial charge in [0.25, 0.3) is 5.91 Å². The minimum atomic E-state index is -0.264. The first-order chi connectivity index (χ1) is 16.6. The van der Waals surface area contributed by atoms with Gasteiger partial charge in [0, 0.05) is 22.7 Å². The van der Waals surface area contributed by atoms with E-state index in [-0.39, 0.29) is 17.6 Å². The highest BCUT2D eigenvalue weighted by atomic mass is 32.2. The van der Waals surface area contributed by atoms with Crippen LogP contribution in [0.2, 0.25) is 0 Å². The van der Waals surface area contributed by atoms with E-state index in [9.17, 15) is 9.59 Å². The van der Waals surface area contributed by atoms with Crippen molar-refractivity contribution in [3.63, 3.8) is 0 Å². The van der Waals surface area contributed by atoms with Crippen molar-refractivity contribution in [1.82, 2.24) is 14.8 Å². The van der Waals surface area contributed by atoms with E-state index in [0.29, 0.717) is 27.8 Å². The highest BCUT2D eigenvalue weighted by molar-refractivity contribution is 7.99. The van der Waals surface area contributed by atoms with Crippen LogP contribution in [0.15, 0.2) is 77.5 Å². The first kappa shape index (κ1) is 23.5. The first-order valence-corrected chi connectivity index (χ1v) is 12.4. The molecule has 0 aliphatic heterocycles. The molecular weight excluding hydrogens is 470 g/mol. The lowest BCUT2D eigenvalue weighted by Gasteiger charge is -2.10.